The molecule has 1 N–H and O–H groups in total. The van der Waals surface area contributed by atoms with Crippen molar-refractivity contribution in [3.05, 3.63) is 0 Å². The van der Waals surface area contributed by atoms with Gasteiger partial charge in [-0.15, -0.1) is 0 Å². The number of nitrogens with zero attached hydrogens (tertiary/aromatic N) is 1. The van der Waals surface area contributed by atoms with Crippen molar-refractivity contribution in [2.45, 2.75) is 59.4 Å². The normalized spacial score (nSPS) is 16.9. The molecule has 0 radical (unpaired) electrons. The van der Waals surface area contributed by atoms with Crippen LogP contribution in [-0.2, 0) is 9.59 Å². The summed E-state index contributed by atoms with van der Waals surface area (Å²) < 4.78 is 0. The molecule has 0 aromatic rings. The van der Waals surface area contributed by atoms with Gasteiger partial charge in [-0.3, -0.25) is 9.59 Å². The highest BCUT2D eigenvalue weighted by Crippen LogP contribution is 2.34. The largest absolute Gasteiger partial charge is 0.356 e. The summed E-state index contributed by atoms with van der Waals surface area (Å²) in [6.07, 6.45) is 3.72. The molecule has 1 aliphatic rings. The second kappa shape index (κ2) is 6.40. The Morgan fingerprint density at radius 1 is 1.32 bits per heavy atom. The fourth-order valence-electron chi connectivity index (χ4n) is 2.01. The Morgan fingerprint density at radius 3 is 2.37 bits per heavy atom. The van der Waals surface area contributed by atoms with Crippen LogP contribution in [0.5, 0.6) is 0 Å². The van der Waals surface area contributed by atoms with E-state index in [1.54, 1.807) is 0 Å². The molecular weight excluding hydrogens is 240 g/mol. The molecule has 1 fully saturated rings. The summed E-state index contributed by atoms with van der Waals surface area (Å²) in [7, 11) is 1.89. The topological polar surface area (TPSA) is 49.4 Å². The average molecular weight is 268 g/mol. The first-order valence-corrected chi connectivity index (χ1v) is 7.27. The quantitative estimate of drug-likeness (QED) is 0.751. The van der Waals surface area contributed by atoms with Crippen molar-refractivity contribution in [1.82, 2.24) is 10.2 Å². The van der Waals surface area contributed by atoms with E-state index in [9.17, 15) is 9.59 Å². The van der Waals surface area contributed by atoms with Crippen LogP contribution in [0, 0.1) is 11.3 Å². The van der Waals surface area contributed by atoms with Crippen LogP contribution in [0.4, 0.5) is 0 Å². The summed E-state index contributed by atoms with van der Waals surface area (Å²) in [4.78, 5) is 25.5. The minimum Gasteiger partial charge on any atom is -0.356 e. The lowest BCUT2D eigenvalue weighted by Gasteiger charge is -2.25. The molecule has 0 aromatic heterocycles. The van der Waals surface area contributed by atoms with Crippen molar-refractivity contribution in [3.8, 4) is 0 Å². The molecule has 19 heavy (non-hydrogen) atoms. The highest BCUT2D eigenvalue weighted by Gasteiger charge is 2.32. The summed E-state index contributed by atoms with van der Waals surface area (Å²) >= 11 is 0. The van der Waals surface area contributed by atoms with Crippen molar-refractivity contribution in [3.63, 3.8) is 0 Å². The molecule has 1 aliphatic carbocycles. The third-order valence-electron chi connectivity index (χ3n) is 3.84. The third-order valence-corrected chi connectivity index (χ3v) is 3.84. The van der Waals surface area contributed by atoms with Gasteiger partial charge >= 0.3 is 0 Å². The fraction of sp³-hybridized carbons (Fsp3) is 0.867. The second-order valence-electron chi connectivity index (χ2n) is 6.69. The predicted molar refractivity (Wildman–Crippen MR) is 76.7 cm³/mol. The van der Waals surface area contributed by atoms with Crippen LogP contribution in [0.25, 0.3) is 0 Å². The molecule has 1 atom stereocenters. The van der Waals surface area contributed by atoms with Gasteiger partial charge in [-0.25, -0.2) is 0 Å². The summed E-state index contributed by atoms with van der Waals surface area (Å²) in [5.74, 6) is 0.929. The molecule has 1 saturated carbocycles. The van der Waals surface area contributed by atoms with Crippen LogP contribution in [0.15, 0.2) is 0 Å². The van der Waals surface area contributed by atoms with Crippen LogP contribution in [0.1, 0.15) is 53.4 Å². The Balaban J connectivity index is 2.18. The highest BCUT2D eigenvalue weighted by atomic mass is 16.2. The Kier molecular flexibility index (Phi) is 5.39. The lowest BCUT2D eigenvalue weighted by atomic mass is 9.96. The van der Waals surface area contributed by atoms with Gasteiger partial charge < -0.3 is 10.2 Å². The molecular formula is C15H28N2O2. The third kappa shape index (κ3) is 5.21. The Bertz CT molecular complexity index is 330. The number of carbonyl (C=O) groups excluding carboxylic acids is 2. The lowest BCUT2D eigenvalue weighted by molar-refractivity contribution is -0.132. The van der Waals surface area contributed by atoms with Crippen LogP contribution >= 0.6 is 0 Å². The van der Waals surface area contributed by atoms with E-state index in [1.807, 2.05) is 32.7 Å². The van der Waals surface area contributed by atoms with E-state index < -0.39 is 0 Å². The zero-order valence-corrected chi connectivity index (χ0v) is 13.0. The zero-order valence-electron chi connectivity index (χ0n) is 13.0. The average Bonchev–Trinajstić information content (AvgIpc) is 3.14. The van der Waals surface area contributed by atoms with Gasteiger partial charge in [0.2, 0.25) is 11.8 Å². The van der Waals surface area contributed by atoms with Crippen molar-refractivity contribution in [2.24, 2.45) is 11.3 Å². The summed E-state index contributed by atoms with van der Waals surface area (Å²) in [6.45, 7) is 8.36. The predicted octanol–water partition coefficient (Wildman–Crippen LogP) is 2.19. The Hall–Kier alpha value is -1.06. The smallest absolute Gasteiger partial charge is 0.225 e. The van der Waals surface area contributed by atoms with Gasteiger partial charge in [0, 0.05) is 31.5 Å². The van der Waals surface area contributed by atoms with Crippen molar-refractivity contribution < 1.29 is 9.59 Å². The van der Waals surface area contributed by atoms with E-state index in [1.165, 1.54) is 12.8 Å². The van der Waals surface area contributed by atoms with Gasteiger partial charge in [-0.1, -0.05) is 20.8 Å². The number of carbonyl (C=O) groups is 2. The van der Waals surface area contributed by atoms with E-state index in [4.69, 9.17) is 0 Å². The molecule has 0 saturated heterocycles. The lowest BCUT2D eigenvalue weighted by Crippen LogP contribution is -2.38. The minimum atomic E-state index is -0.360. The number of hydrogen-bond acceptors (Lipinski definition) is 2. The maximum Gasteiger partial charge on any atom is 0.225 e. The van der Waals surface area contributed by atoms with Gasteiger partial charge in [0.15, 0.2) is 0 Å². The molecule has 4 nitrogen and oxygen atoms in total. The molecule has 2 amide bonds. The van der Waals surface area contributed by atoms with Gasteiger partial charge in [0.05, 0.1) is 0 Å². The number of amides is 2. The first-order valence-electron chi connectivity index (χ1n) is 7.27. The fourth-order valence-corrected chi connectivity index (χ4v) is 2.01. The van der Waals surface area contributed by atoms with Crippen molar-refractivity contribution in [2.75, 3.05) is 13.6 Å². The second-order valence-corrected chi connectivity index (χ2v) is 6.69. The van der Waals surface area contributed by atoms with E-state index in [-0.39, 0.29) is 17.2 Å². The molecule has 4 heteroatoms. The highest BCUT2D eigenvalue weighted by molar-refractivity contribution is 5.81. The summed E-state index contributed by atoms with van der Waals surface area (Å²) in [6, 6.07) is 0.358. The van der Waals surface area contributed by atoms with Crippen LogP contribution in [0.3, 0.4) is 0 Å². The van der Waals surface area contributed by atoms with Crippen LogP contribution < -0.4 is 5.32 Å². The standard InChI is InChI=1S/C15H28N2O2/c1-11(12-8-9-12)17(5)13(18)7-6-10-16-14(19)15(2,3)4/h11-12H,6-10H2,1-5H3,(H,16,19). The van der Waals surface area contributed by atoms with E-state index in [2.05, 4.69) is 12.2 Å². The first kappa shape index (κ1) is 16.0. The minimum absolute atomic E-state index is 0.0413. The molecule has 1 rings (SSSR count). The van der Waals surface area contributed by atoms with Crippen molar-refractivity contribution >= 4 is 11.8 Å². The molecule has 0 aliphatic heterocycles. The first-order chi connectivity index (χ1) is 8.73. The van der Waals surface area contributed by atoms with Crippen LogP contribution in [0.2, 0.25) is 0 Å². The van der Waals surface area contributed by atoms with Gasteiger partial charge in [0.1, 0.15) is 0 Å². The maximum absolute atomic E-state index is 12.0. The monoisotopic (exact) mass is 268 g/mol. The summed E-state index contributed by atoms with van der Waals surface area (Å²) in [5, 5.41) is 2.87. The summed E-state index contributed by atoms with van der Waals surface area (Å²) in [5.41, 5.74) is -0.360. The number of nitrogens with one attached hydrogen (secondary N) is 1. The van der Waals surface area contributed by atoms with Gasteiger partial charge in [-0.2, -0.15) is 0 Å². The molecule has 0 spiro atoms. The molecule has 0 heterocycles. The van der Waals surface area contributed by atoms with E-state index in [0.717, 1.165) is 0 Å². The Morgan fingerprint density at radius 2 is 1.89 bits per heavy atom. The van der Waals surface area contributed by atoms with E-state index in [0.29, 0.717) is 31.3 Å². The van der Waals surface area contributed by atoms with Gasteiger partial charge in [-0.05, 0) is 32.1 Å². The molecule has 110 valence electrons. The maximum atomic E-state index is 12.0. The molecule has 1 unspecified atom stereocenters. The Labute approximate surface area is 116 Å². The number of rotatable bonds is 6. The van der Waals surface area contributed by atoms with E-state index >= 15 is 0 Å². The SMILES string of the molecule is CC(C1CC1)N(C)C(=O)CCCNC(=O)C(C)(C)C. The molecule has 0 aromatic carbocycles. The zero-order chi connectivity index (χ0) is 14.6. The van der Waals surface area contributed by atoms with Gasteiger partial charge in [0.25, 0.3) is 0 Å². The van der Waals surface area contributed by atoms with Crippen molar-refractivity contribution in [1.29, 1.82) is 0 Å². The van der Waals surface area contributed by atoms with Crippen LogP contribution in [-0.4, -0.2) is 36.3 Å². The number of hydrogen-bond donors (Lipinski definition) is 1. The molecule has 0 bridgehead atoms.